The molecular weight excluding hydrogens is 226 g/mol. The Morgan fingerprint density at radius 2 is 2.11 bits per heavy atom. The molecule has 1 aromatic carbocycles. The van der Waals surface area contributed by atoms with Crippen LogP contribution in [0, 0.1) is 12.3 Å². The maximum atomic E-state index is 5.58. The van der Waals surface area contributed by atoms with Crippen LogP contribution in [0.4, 0.5) is 0 Å². The summed E-state index contributed by atoms with van der Waals surface area (Å²) in [5.41, 5.74) is 1.09. The van der Waals surface area contributed by atoms with E-state index in [1.165, 1.54) is 0 Å². The fourth-order valence-corrected chi connectivity index (χ4v) is 1.50. The minimum absolute atomic E-state index is 0.274. The molecule has 0 aliphatic heterocycles. The van der Waals surface area contributed by atoms with E-state index >= 15 is 0 Å². The first-order valence-electron chi connectivity index (χ1n) is 6.34. The second-order valence-electron chi connectivity index (χ2n) is 3.89. The lowest BCUT2D eigenvalue weighted by Crippen LogP contribution is -2.13. The molecule has 1 rings (SSSR count). The fourth-order valence-electron chi connectivity index (χ4n) is 1.50. The van der Waals surface area contributed by atoms with E-state index in [4.69, 9.17) is 15.9 Å². The van der Waals surface area contributed by atoms with Crippen molar-refractivity contribution in [1.29, 1.82) is 0 Å². The molecule has 1 aromatic rings. The van der Waals surface area contributed by atoms with Crippen LogP contribution in [0.5, 0.6) is 11.5 Å². The summed E-state index contributed by atoms with van der Waals surface area (Å²) in [7, 11) is 0. The van der Waals surface area contributed by atoms with Crippen LogP contribution in [0.1, 0.15) is 25.8 Å². The van der Waals surface area contributed by atoms with Crippen molar-refractivity contribution < 1.29 is 9.47 Å². The van der Waals surface area contributed by atoms with Gasteiger partial charge in [-0.25, -0.2) is 0 Å². The largest absolute Gasteiger partial charge is 0.493 e. The summed E-state index contributed by atoms with van der Waals surface area (Å²) >= 11 is 0. The summed E-state index contributed by atoms with van der Waals surface area (Å²) in [6.07, 6.45) is 6.21. The minimum atomic E-state index is 0.274. The summed E-state index contributed by atoms with van der Waals surface area (Å²) in [5.74, 6) is 4.10. The standard InChI is InChI=1S/C15H21NO2/c1-4-9-17-14-8-7-13(12-16-6-3)15(11-14)18-10-5-2/h2,7-8,11,16H,4,6,9-10,12H2,1,3H3. The minimum Gasteiger partial charge on any atom is -0.493 e. The van der Waals surface area contributed by atoms with Crippen molar-refractivity contribution in [2.75, 3.05) is 19.8 Å². The molecule has 18 heavy (non-hydrogen) atoms. The van der Waals surface area contributed by atoms with Gasteiger partial charge in [-0.1, -0.05) is 25.8 Å². The number of nitrogens with one attached hydrogen (secondary N) is 1. The third kappa shape index (κ3) is 4.68. The van der Waals surface area contributed by atoms with Gasteiger partial charge in [0.05, 0.1) is 6.61 Å². The molecule has 1 N–H and O–H groups in total. The molecular formula is C15H21NO2. The van der Waals surface area contributed by atoms with Crippen molar-refractivity contribution in [2.24, 2.45) is 0 Å². The molecule has 0 aromatic heterocycles. The van der Waals surface area contributed by atoms with Crippen LogP contribution < -0.4 is 14.8 Å². The van der Waals surface area contributed by atoms with Gasteiger partial charge in [-0.3, -0.25) is 0 Å². The van der Waals surface area contributed by atoms with Crippen LogP contribution in [0.25, 0.3) is 0 Å². The van der Waals surface area contributed by atoms with Gasteiger partial charge in [0.15, 0.2) is 0 Å². The fraction of sp³-hybridized carbons (Fsp3) is 0.467. The zero-order chi connectivity index (χ0) is 13.2. The zero-order valence-corrected chi connectivity index (χ0v) is 11.2. The molecule has 3 heteroatoms. The molecule has 0 fully saturated rings. The Kier molecular flexibility index (Phi) is 6.75. The summed E-state index contributed by atoms with van der Waals surface area (Å²) in [6, 6.07) is 5.88. The number of rotatable bonds is 8. The maximum Gasteiger partial charge on any atom is 0.148 e. The lowest BCUT2D eigenvalue weighted by atomic mass is 10.2. The van der Waals surface area contributed by atoms with Crippen LogP contribution in [0.15, 0.2) is 18.2 Å². The number of benzene rings is 1. The van der Waals surface area contributed by atoms with E-state index in [2.05, 4.69) is 25.1 Å². The Bertz CT molecular complexity index is 396. The third-order valence-electron chi connectivity index (χ3n) is 2.39. The van der Waals surface area contributed by atoms with Crippen molar-refractivity contribution in [2.45, 2.75) is 26.8 Å². The summed E-state index contributed by atoms with van der Waals surface area (Å²) in [5, 5.41) is 3.27. The monoisotopic (exact) mass is 247 g/mol. The lowest BCUT2D eigenvalue weighted by Gasteiger charge is -2.12. The van der Waals surface area contributed by atoms with Crippen molar-refractivity contribution in [3.63, 3.8) is 0 Å². The van der Waals surface area contributed by atoms with Crippen LogP contribution in [-0.4, -0.2) is 19.8 Å². The molecule has 0 aliphatic carbocycles. The Balaban J connectivity index is 2.78. The molecule has 0 bridgehead atoms. The molecule has 3 nitrogen and oxygen atoms in total. The SMILES string of the molecule is C#CCOc1cc(OCCC)ccc1CNCC. The molecule has 0 amide bonds. The van der Waals surface area contributed by atoms with Gasteiger partial charge in [-0.05, 0) is 19.0 Å². The van der Waals surface area contributed by atoms with Crippen LogP contribution in [0.2, 0.25) is 0 Å². The third-order valence-corrected chi connectivity index (χ3v) is 2.39. The highest BCUT2D eigenvalue weighted by atomic mass is 16.5. The molecule has 0 aliphatic rings. The average molecular weight is 247 g/mol. The summed E-state index contributed by atoms with van der Waals surface area (Å²) < 4.78 is 11.1. The number of hydrogen-bond donors (Lipinski definition) is 1. The summed E-state index contributed by atoms with van der Waals surface area (Å²) in [4.78, 5) is 0. The molecule has 0 heterocycles. The molecule has 0 saturated heterocycles. The molecule has 0 unspecified atom stereocenters. The number of terminal acetylenes is 1. The van der Waals surface area contributed by atoms with E-state index < -0.39 is 0 Å². The van der Waals surface area contributed by atoms with Crippen molar-refractivity contribution in [1.82, 2.24) is 5.32 Å². The number of hydrogen-bond acceptors (Lipinski definition) is 3. The number of ether oxygens (including phenoxy) is 2. The van der Waals surface area contributed by atoms with Gasteiger partial charge in [-0.15, -0.1) is 6.42 Å². The van der Waals surface area contributed by atoms with Gasteiger partial charge in [0, 0.05) is 18.2 Å². The molecule has 98 valence electrons. The van der Waals surface area contributed by atoms with E-state index in [-0.39, 0.29) is 6.61 Å². The molecule has 0 saturated carbocycles. The normalized spacial score (nSPS) is 9.83. The highest BCUT2D eigenvalue weighted by Gasteiger charge is 2.05. The maximum absolute atomic E-state index is 5.58. The molecule has 0 spiro atoms. The average Bonchev–Trinajstić information content (AvgIpc) is 2.41. The van der Waals surface area contributed by atoms with Crippen molar-refractivity contribution in [3.8, 4) is 23.8 Å². The Morgan fingerprint density at radius 3 is 2.78 bits per heavy atom. The van der Waals surface area contributed by atoms with Gasteiger partial charge in [0.2, 0.25) is 0 Å². The van der Waals surface area contributed by atoms with Gasteiger partial charge < -0.3 is 14.8 Å². The summed E-state index contributed by atoms with van der Waals surface area (Å²) in [6.45, 7) is 6.82. The Labute approximate surface area is 109 Å². The quantitative estimate of drug-likeness (QED) is 0.716. The Morgan fingerprint density at radius 1 is 1.28 bits per heavy atom. The van der Waals surface area contributed by atoms with Gasteiger partial charge in [-0.2, -0.15) is 0 Å². The zero-order valence-electron chi connectivity index (χ0n) is 11.2. The van der Waals surface area contributed by atoms with Gasteiger partial charge in [0.1, 0.15) is 18.1 Å². The predicted octanol–water partition coefficient (Wildman–Crippen LogP) is 2.60. The van der Waals surface area contributed by atoms with Crippen LogP contribution in [-0.2, 0) is 6.54 Å². The van der Waals surface area contributed by atoms with Crippen molar-refractivity contribution >= 4 is 0 Å². The van der Waals surface area contributed by atoms with Crippen LogP contribution >= 0.6 is 0 Å². The Hall–Kier alpha value is -1.66. The van der Waals surface area contributed by atoms with Gasteiger partial charge >= 0.3 is 0 Å². The van der Waals surface area contributed by atoms with Gasteiger partial charge in [0.25, 0.3) is 0 Å². The first-order chi connectivity index (χ1) is 8.81. The second-order valence-corrected chi connectivity index (χ2v) is 3.89. The van der Waals surface area contributed by atoms with E-state index in [0.29, 0.717) is 6.61 Å². The van der Waals surface area contributed by atoms with E-state index in [0.717, 1.165) is 36.6 Å². The van der Waals surface area contributed by atoms with E-state index in [1.807, 2.05) is 18.2 Å². The van der Waals surface area contributed by atoms with Crippen LogP contribution in [0.3, 0.4) is 0 Å². The second kappa shape index (κ2) is 8.43. The lowest BCUT2D eigenvalue weighted by molar-refractivity contribution is 0.312. The predicted molar refractivity (Wildman–Crippen MR) is 73.9 cm³/mol. The first kappa shape index (κ1) is 14.4. The van der Waals surface area contributed by atoms with E-state index in [1.54, 1.807) is 0 Å². The molecule has 0 radical (unpaired) electrons. The highest BCUT2D eigenvalue weighted by Crippen LogP contribution is 2.25. The topological polar surface area (TPSA) is 30.5 Å². The van der Waals surface area contributed by atoms with E-state index in [9.17, 15) is 0 Å². The molecule has 0 atom stereocenters. The first-order valence-corrected chi connectivity index (χ1v) is 6.34. The smallest absolute Gasteiger partial charge is 0.148 e. The van der Waals surface area contributed by atoms with Crippen molar-refractivity contribution in [3.05, 3.63) is 23.8 Å². The highest BCUT2D eigenvalue weighted by molar-refractivity contribution is 5.41.